The molecule has 4 nitrogen and oxygen atoms in total. The Morgan fingerprint density at radius 1 is 1.26 bits per heavy atom. The summed E-state index contributed by atoms with van der Waals surface area (Å²) in [5.41, 5.74) is 2.06. The van der Waals surface area contributed by atoms with Gasteiger partial charge >= 0.3 is 0 Å². The molecule has 0 aliphatic rings. The van der Waals surface area contributed by atoms with Gasteiger partial charge in [-0.15, -0.1) is 0 Å². The number of halogens is 1. The van der Waals surface area contributed by atoms with E-state index in [1.54, 1.807) is 19.1 Å². The van der Waals surface area contributed by atoms with Gasteiger partial charge in [0.2, 0.25) is 0 Å². The quantitative estimate of drug-likeness (QED) is 0.816. The lowest BCUT2D eigenvalue weighted by atomic mass is 10.1. The van der Waals surface area contributed by atoms with Crippen LogP contribution in [0.15, 0.2) is 39.9 Å². The van der Waals surface area contributed by atoms with E-state index >= 15 is 0 Å². The van der Waals surface area contributed by atoms with Crippen LogP contribution in [0.4, 0.5) is 0 Å². The highest BCUT2D eigenvalue weighted by Gasteiger charge is 2.10. The van der Waals surface area contributed by atoms with Crippen LogP contribution in [0, 0.1) is 13.8 Å². The summed E-state index contributed by atoms with van der Waals surface area (Å²) in [5.74, 6) is -0.111. The zero-order chi connectivity index (χ0) is 14.0. The standard InChI is InChI=1S/C14H13BrN2O2/c1-9-3-5-11(6-4-9)12(18)7-17-8-16-10(2)13(15)14(17)19/h3-6,8H,7H2,1-2H3. The van der Waals surface area contributed by atoms with Crippen molar-refractivity contribution < 1.29 is 4.79 Å². The Balaban J connectivity index is 2.27. The van der Waals surface area contributed by atoms with Crippen LogP contribution in [0.1, 0.15) is 21.6 Å². The number of carbonyl (C=O) groups is 1. The number of hydrogen-bond acceptors (Lipinski definition) is 3. The molecule has 98 valence electrons. The van der Waals surface area contributed by atoms with Crippen molar-refractivity contribution in [1.29, 1.82) is 0 Å². The number of aromatic nitrogens is 2. The van der Waals surface area contributed by atoms with E-state index in [1.165, 1.54) is 10.9 Å². The van der Waals surface area contributed by atoms with E-state index in [2.05, 4.69) is 20.9 Å². The minimum atomic E-state index is -0.243. The third-order valence-corrected chi connectivity index (χ3v) is 3.76. The predicted molar refractivity (Wildman–Crippen MR) is 76.4 cm³/mol. The zero-order valence-corrected chi connectivity index (χ0v) is 12.3. The molecular formula is C14H13BrN2O2. The average molecular weight is 321 g/mol. The van der Waals surface area contributed by atoms with E-state index in [0.717, 1.165) is 5.56 Å². The van der Waals surface area contributed by atoms with Crippen LogP contribution < -0.4 is 5.56 Å². The van der Waals surface area contributed by atoms with Gasteiger partial charge in [0.25, 0.3) is 5.56 Å². The van der Waals surface area contributed by atoms with Crippen LogP contribution in [0.3, 0.4) is 0 Å². The Morgan fingerprint density at radius 2 is 1.89 bits per heavy atom. The van der Waals surface area contributed by atoms with Crippen LogP contribution in [0.5, 0.6) is 0 Å². The van der Waals surface area contributed by atoms with Crippen LogP contribution in [0.2, 0.25) is 0 Å². The second-order valence-electron chi connectivity index (χ2n) is 4.37. The summed E-state index contributed by atoms with van der Waals surface area (Å²) in [5, 5.41) is 0. The fraction of sp³-hybridized carbons (Fsp3) is 0.214. The lowest BCUT2D eigenvalue weighted by Gasteiger charge is -2.06. The molecule has 0 N–H and O–H groups in total. The summed E-state index contributed by atoms with van der Waals surface area (Å²) in [6.45, 7) is 3.69. The SMILES string of the molecule is Cc1ccc(C(=O)Cn2cnc(C)c(Br)c2=O)cc1. The minimum Gasteiger partial charge on any atom is -0.292 e. The van der Waals surface area contributed by atoms with Gasteiger partial charge in [-0.1, -0.05) is 29.8 Å². The molecule has 19 heavy (non-hydrogen) atoms. The van der Waals surface area contributed by atoms with Gasteiger partial charge in [-0.25, -0.2) is 4.98 Å². The van der Waals surface area contributed by atoms with Crippen LogP contribution >= 0.6 is 15.9 Å². The third-order valence-electron chi connectivity index (χ3n) is 2.84. The van der Waals surface area contributed by atoms with Gasteiger partial charge in [0.05, 0.1) is 18.6 Å². The molecule has 0 unspecified atom stereocenters. The van der Waals surface area contributed by atoms with Gasteiger partial charge in [-0.3, -0.25) is 14.2 Å². The molecule has 5 heteroatoms. The molecule has 2 aromatic rings. The average Bonchev–Trinajstić information content (AvgIpc) is 2.40. The molecule has 2 rings (SSSR count). The largest absolute Gasteiger partial charge is 0.292 e. The van der Waals surface area contributed by atoms with Crippen molar-refractivity contribution in [3.05, 3.63) is 62.2 Å². The number of benzene rings is 1. The highest BCUT2D eigenvalue weighted by atomic mass is 79.9. The number of aryl methyl sites for hydroxylation is 2. The maximum Gasteiger partial charge on any atom is 0.268 e. The molecule has 0 aliphatic heterocycles. The normalized spacial score (nSPS) is 10.5. The maximum absolute atomic E-state index is 12.1. The fourth-order valence-corrected chi connectivity index (χ4v) is 1.97. The van der Waals surface area contributed by atoms with Gasteiger partial charge in [0, 0.05) is 5.56 Å². The van der Waals surface area contributed by atoms with Crippen molar-refractivity contribution in [2.24, 2.45) is 0 Å². The molecule has 1 aromatic heterocycles. The molecule has 0 aliphatic carbocycles. The van der Waals surface area contributed by atoms with Crippen molar-refractivity contribution >= 4 is 21.7 Å². The van der Waals surface area contributed by atoms with E-state index in [1.807, 2.05) is 19.1 Å². The Hall–Kier alpha value is -1.75. The summed E-state index contributed by atoms with van der Waals surface area (Å²) in [6, 6.07) is 7.28. The first-order chi connectivity index (χ1) is 8.99. The second kappa shape index (κ2) is 5.48. The molecule has 0 amide bonds. The molecule has 0 atom stereocenters. The van der Waals surface area contributed by atoms with Gasteiger partial charge in [0.15, 0.2) is 5.78 Å². The Morgan fingerprint density at radius 3 is 2.53 bits per heavy atom. The number of nitrogens with zero attached hydrogens (tertiary/aromatic N) is 2. The highest BCUT2D eigenvalue weighted by molar-refractivity contribution is 9.10. The molecule has 0 bridgehead atoms. The third kappa shape index (κ3) is 2.98. The molecular weight excluding hydrogens is 308 g/mol. The molecule has 0 saturated carbocycles. The number of hydrogen-bond donors (Lipinski definition) is 0. The van der Waals surface area contributed by atoms with Crippen LogP contribution in [-0.2, 0) is 6.54 Å². The number of rotatable bonds is 3. The number of Topliss-reactive ketones (excluding diaryl/α,β-unsaturated/α-hetero) is 1. The van der Waals surface area contributed by atoms with Crippen LogP contribution in [0.25, 0.3) is 0 Å². The van der Waals surface area contributed by atoms with E-state index < -0.39 is 0 Å². The Kier molecular flexibility index (Phi) is 3.95. The minimum absolute atomic E-state index is 0.00618. The lowest BCUT2D eigenvalue weighted by Crippen LogP contribution is -2.25. The number of ketones is 1. The molecule has 0 saturated heterocycles. The first kappa shape index (κ1) is 13.7. The summed E-state index contributed by atoms with van der Waals surface area (Å²) in [7, 11) is 0. The first-order valence-electron chi connectivity index (χ1n) is 5.80. The smallest absolute Gasteiger partial charge is 0.268 e. The van der Waals surface area contributed by atoms with E-state index in [0.29, 0.717) is 15.7 Å². The topological polar surface area (TPSA) is 52.0 Å². The van der Waals surface area contributed by atoms with E-state index in [4.69, 9.17) is 0 Å². The second-order valence-corrected chi connectivity index (χ2v) is 5.16. The van der Waals surface area contributed by atoms with Crippen molar-refractivity contribution in [2.45, 2.75) is 20.4 Å². The molecule has 0 fully saturated rings. The van der Waals surface area contributed by atoms with Gasteiger partial charge < -0.3 is 0 Å². The summed E-state index contributed by atoms with van der Waals surface area (Å²) in [4.78, 5) is 28.1. The zero-order valence-electron chi connectivity index (χ0n) is 10.7. The molecule has 1 aromatic carbocycles. The van der Waals surface area contributed by atoms with Gasteiger partial charge in [-0.2, -0.15) is 0 Å². The highest BCUT2D eigenvalue weighted by Crippen LogP contribution is 2.08. The van der Waals surface area contributed by atoms with E-state index in [9.17, 15) is 9.59 Å². The van der Waals surface area contributed by atoms with Crippen molar-refractivity contribution in [2.75, 3.05) is 0 Å². The van der Waals surface area contributed by atoms with Gasteiger partial charge in [0.1, 0.15) is 4.47 Å². The lowest BCUT2D eigenvalue weighted by molar-refractivity contribution is 0.0970. The summed E-state index contributed by atoms with van der Waals surface area (Å²) >= 11 is 3.18. The summed E-state index contributed by atoms with van der Waals surface area (Å²) in [6.07, 6.45) is 1.40. The van der Waals surface area contributed by atoms with Crippen molar-refractivity contribution in [3.8, 4) is 0 Å². The molecule has 0 radical (unpaired) electrons. The predicted octanol–water partition coefficient (Wildman–Crippen LogP) is 2.51. The Bertz CT molecular complexity index is 675. The molecule has 1 heterocycles. The first-order valence-corrected chi connectivity index (χ1v) is 6.59. The molecule has 0 spiro atoms. The monoisotopic (exact) mass is 320 g/mol. The number of carbonyl (C=O) groups excluding carboxylic acids is 1. The van der Waals surface area contributed by atoms with Crippen molar-refractivity contribution in [3.63, 3.8) is 0 Å². The van der Waals surface area contributed by atoms with E-state index in [-0.39, 0.29) is 17.9 Å². The Labute approximate surface area is 119 Å². The summed E-state index contributed by atoms with van der Waals surface area (Å²) < 4.78 is 1.70. The fourth-order valence-electron chi connectivity index (χ4n) is 1.64. The van der Waals surface area contributed by atoms with Gasteiger partial charge in [-0.05, 0) is 29.8 Å². The maximum atomic E-state index is 12.1. The van der Waals surface area contributed by atoms with Crippen molar-refractivity contribution in [1.82, 2.24) is 9.55 Å². The van der Waals surface area contributed by atoms with Crippen LogP contribution in [-0.4, -0.2) is 15.3 Å².